The summed E-state index contributed by atoms with van der Waals surface area (Å²) in [6.45, 7) is 0.720. The van der Waals surface area contributed by atoms with E-state index in [1.54, 1.807) is 11.3 Å². The van der Waals surface area contributed by atoms with E-state index >= 15 is 0 Å². The van der Waals surface area contributed by atoms with E-state index in [2.05, 4.69) is 9.97 Å². The monoisotopic (exact) mass is 264 g/mol. The molecule has 0 unspecified atom stereocenters. The van der Waals surface area contributed by atoms with E-state index < -0.39 is 0 Å². The van der Waals surface area contributed by atoms with E-state index in [4.69, 9.17) is 18.0 Å². The largest absolute Gasteiger partial charge is 0.388 e. The van der Waals surface area contributed by atoms with Gasteiger partial charge in [-0.25, -0.2) is 9.97 Å². The Balaban J connectivity index is 2.16. The van der Waals surface area contributed by atoms with E-state index in [-0.39, 0.29) is 0 Å². The van der Waals surface area contributed by atoms with Crippen LogP contribution in [0.4, 0.5) is 5.82 Å². The molecule has 0 bridgehead atoms. The third-order valence-corrected chi connectivity index (χ3v) is 3.10. The molecule has 0 aliphatic rings. The quantitative estimate of drug-likeness (QED) is 0.854. The molecule has 0 radical (unpaired) electrons. The molecular formula is C11H12N4S2. The highest BCUT2D eigenvalue weighted by molar-refractivity contribution is 7.80. The Labute approximate surface area is 109 Å². The molecule has 0 atom stereocenters. The third-order valence-electron chi connectivity index (χ3n) is 2.26. The first-order valence-corrected chi connectivity index (χ1v) is 6.37. The number of nitrogens with zero attached hydrogens (tertiary/aromatic N) is 3. The van der Waals surface area contributed by atoms with Crippen LogP contribution in [0.5, 0.6) is 0 Å². The van der Waals surface area contributed by atoms with Crippen LogP contribution in [0.3, 0.4) is 0 Å². The van der Waals surface area contributed by atoms with E-state index in [1.807, 2.05) is 41.0 Å². The van der Waals surface area contributed by atoms with Gasteiger partial charge in [-0.3, -0.25) is 0 Å². The summed E-state index contributed by atoms with van der Waals surface area (Å²) in [5.41, 5.74) is 9.05. The molecule has 4 nitrogen and oxygen atoms in total. The summed E-state index contributed by atoms with van der Waals surface area (Å²) in [4.78, 5) is 11.0. The number of hydrogen-bond acceptors (Lipinski definition) is 5. The summed E-state index contributed by atoms with van der Waals surface area (Å²) in [6, 6.07) is 5.63. The SMILES string of the molecule is CN(Cc1cscn1)c1cccc(C(N)=S)n1. The molecule has 17 heavy (non-hydrogen) atoms. The van der Waals surface area contributed by atoms with Crippen molar-refractivity contribution in [3.8, 4) is 0 Å². The number of anilines is 1. The third kappa shape index (κ3) is 2.98. The van der Waals surface area contributed by atoms with Crippen LogP contribution in [0, 0.1) is 0 Å². The van der Waals surface area contributed by atoms with Crippen molar-refractivity contribution >= 4 is 34.4 Å². The zero-order valence-electron chi connectivity index (χ0n) is 9.33. The standard InChI is InChI=1S/C11H12N4S2/c1-15(5-8-6-17-7-13-8)10-4-2-3-9(14-10)11(12)16/h2-4,6-7H,5H2,1H3,(H2,12,16). The van der Waals surface area contributed by atoms with E-state index in [0.717, 1.165) is 18.1 Å². The van der Waals surface area contributed by atoms with Gasteiger partial charge in [0.05, 0.1) is 23.4 Å². The molecule has 0 aliphatic heterocycles. The van der Waals surface area contributed by atoms with Gasteiger partial charge in [0.1, 0.15) is 10.8 Å². The second-order valence-corrected chi connectivity index (χ2v) is 4.74. The van der Waals surface area contributed by atoms with E-state index in [1.165, 1.54) is 0 Å². The lowest BCUT2D eigenvalue weighted by atomic mass is 10.3. The molecule has 0 saturated carbocycles. The zero-order valence-corrected chi connectivity index (χ0v) is 11.0. The molecule has 0 aliphatic carbocycles. The van der Waals surface area contributed by atoms with E-state index in [0.29, 0.717) is 10.7 Å². The Morgan fingerprint density at radius 1 is 1.53 bits per heavy atom. The average molecular weight is 264 g/mol. The number of aromatic nitrogens is 2. The highest BCUT2D eigenvalue weighted by Crippen LogP contribution is 2.13. The smallest absolute Gasteiger partial charge is 0.129 e. The van der Waals surface area contributed by atoms with Gasteiger partial charge in [0.25, 0.3) is 0 Å². The van der Waals surface area contributed by atoms with Crippen molar-refractivity contribution < 1.29 is 0 Å². The van der Waals surface area contributed by atoms with Crippen molar-refractivity contribution in [1.29, 1.82) is 0 Å². The molecule has 0 aromatic carbocycles. The van der Waals surface area contributed by atoms with Crippen LogP contribution in [0.2, 0.25) is 0 Å². The fourth-order valence-electron chi connectivity index (χ4n) is 1.41. The van der Waals surface area contributed by atoms with Gasteiger partial charge in [0.2, 0.25) is 0 Å². The lowest BCUT2D eigenvalue weighted by molar-refractivity contribution is 0.873. The molecular weight excluding hydrogens is 252 g/mol. The fourth-order valence-corrected chi connectivity index (χ4v) is 2.08. The minimum Gasteiger partial charge on any atom is -0.388 e. The van der Waals surface area contributed by atoms with Crippen LogP contribution in [0.1, 0.15) is 11.4 Å². The Morgan fingerprint density at radius 2 is 2.35 bits per heavy atom. The van der Waals surface area contributed by atoms with E-state index in [9.17, 15) is 0 Å². The van der Waals surface area contributed by atoms with Crippen LogP contribution < -0.4 is 10.6 Å². The molecule has 2 rings (SSSR count). The predicted molar refractivity (Wildman–Crippen MR) is 74.3 cm³/mol. The first kappa shape index (κ1) is 11.9. The Bertz CT molecular complexity index is 510. The number of rotatable bonds is 4. The van der Waals surface area contributed by atoms with Gasteiger partial charge >= 0.3 is 0 Å². The van der Waals surface area contributed by atoms with Gasteiger partial charge in [-0.05, 0) is 12.1 Å². The number of nitrogens with two attached hydrogens (primary N) is 1. The van der Waals surface area contributed by atoms with Crippen molar-refractivity contribution in [2.24, 2.45) is 5.73 Å². The molecule has 2 aromatic rings. The molecule has 0 spiro atoms. The maximum Gasteiger partial charge on any atom is 0.129 e. The second kappa shape index (κ2) is 5.20. The second-order valence-electron chi connectivity index (χ2n) is 3.58. The van der Waals surface area contributed by atoms with Gasteiger partial charge < -0.3 is 10.6 Å². The summed E-state index contributed by atoms with van der Waals surface area (Å²) >= 11 is 6.50. The first-order valence-electron chi connectivity index (χ1n) is 5.02. The van der Waals surface area contributed by atoms with Crippen molar-refractivity contribution in [2.45, 2.75) is 6.54 Å². The summed E-state index contributed by atoms with van der Waals surface area (Å²) in [7, 11) is 1.96. The van der Waals surface area contributed by atoms with Gasteiger partial charge in [0, 0.05) is 12.4 Å². The minimum atomic E-state index is 0.314. The topological polar surface area (TPSA) is 55.0 Å². The lowest BCUT2D eigenvalue weighted by Crippen LogP contribution is -2.20. The van der Waals surface area contributed by atoms with Gasteiger partial charge in [-0.15, -0.1) is 11.3 Å². The summed E-state index contributed by atoms with van der Waals surface area (Å²) < 4.78 is 0. The van der Waals surface area contributed by atoms with Crippen LogP contribution in [-0.2, 0) is 6.54 Å². The fraction of sp³-hybridized carbons (Fsp3) is 0.182. The highest BCUT2D eigenvalue weighted by Gasteiger charge is 2.06. The number of thiocarbonyl (C=S) groups is 1. The molecule has 2 N–H and O–H groups in total. The maximum absolute atomic E-state index is 5.56. The predicted octanol–water partition coefficient (Wildman–Crippen LogP) is 1.81. The maximum atomic E-state index is 5.56. The summed E-state index contributed by atoms with van der Waals surface area (Å²) in [5.74, 6) is 0.836. The number of thiazole rings is 1. The van der Waals surface area contributed by atoms with Crippen LogP contribution >= 0.6 is 23.6 Å². The minimum absolute atomic E-state index is 0.314. The van der Waals surface area contributed by atoms with Gasteiger partial charge in [-0.2, -0.15) is 0 Å². The number of pyridine rings is 1. The van der Waals surface area contributed by atoms with Gasteiger partial charge in [-0.1, -0.05) is 18.3 Å². The molecule has 6 heteroatoms. The first-order chi connectivity index (χ1) is 8.16. The van der Waals surface area contributed by atoms with Crippen molar-refractivity contribution in [3.63, 3.8) is 0 Å². The highest BCUT2D eigenvalue weighted by atomic mass is 32.1. The van der Waals surface area contributed by atoms with Gasteiger partial charge in [0.15, 0.2) is 0 Å². The molecule has 0 fully saturated rings. The molecule has 0 saturated heterocycles. The zero-order chi connectivity index (χ0) is 12.3. The normalized spacial score (nSPS) is 10.2. The summed E-state index contributed by atoms with van der Waals surface area (Å²) in [6.07, 6.45) is 0. The molecule has 2 aromatic heterocycles. The van der Waals surface area contributed by atoms with Crippen LogP contribution in [-0.4, -0.2) is 22.0 Å². The average Bonchev–Trinajstić information content (AvgIpc) is 2.82. The molecule has 88 valence electrons. The lowest BCUT2D eigenvalue weighted by Gasteiger charge is -2.17. The number of hydrogen-bond donors (Lipinski definition) is 1. The van der Waals surface area contributed by atoms with Crippen molar-refractivity contribution in [2.75, 3.05) is 11.9 Å². The summed E-state index contributed by atoms with van der Waals surface area (Å²) in [5, 5.41) is 2.02. The molecule has 0 amide bonds. The Kier molecular flexibility index (Phi) is 3.65. The van der Waals surface area contributed by atoms with Crippen LogP contribution in [0.25, 0.3) is 0 Å². The van der Waals surface area contributed by atoms with Crippen molar-refractivity contribution in [3.05, 3.63) is 40.5 Å². The van der Waals surface area contributed by atoms with Crippen molar-refractivity contribution in [1.82, 2.24) is 9.97 Å². The molecule has 2 heterocycles. The Morgan fingerprint density at radius 3 is 3.00 bits per heavy atom. The van der Waals surface area contributed by atoms with Crippen LogP contribution in [0.15, 0.2) is 29.1 Å². The Hall–Kier alpha value is -1.53.